The molecule has 0 aliphatic rings. The zero-order valence-corrected chi connectivity index (χ0v) is 10.1. The first-order valence-corrected chi connectivity index (χ1v) is 5.40. The van der Waals surface area contributed by atoms with Gasteiger partial charge in [0, 0.05) is 13.5 Å². The van der Waals surface area contributed by atoms with Gasteiger partial charge in [0.1, 0.15) is 6.10 Å². The molecule has 0 aromatic carbocycles. The molecule has 4 heteroatoms. The van der Waals surface area contributed by atoms with E-state index < -0.39 is 0 Å². The highest BCUT2D eigenvalue weighted by atomic mass is 16.6. The quantitative estimate of drug-likeness (QED) is 0.582. The zero-order chi connectivity index (χ0) is 11.7. The molecule has 0 amide bonds. The van der Waals surface area contributed by atoms with E-state index in [1.807, 2.05) is 20.8 Å². The highest BCUT2D eigenvalue weighted by Gasteiger charge is 2.09. The molecule has 0 spiro atoms. The summed E-state index contributed by atoms with van der Waals surface area (Å²) in [5.41, 5.74) is 0. The molecule has 0 aromatic rings. The topological polar surface area (TPSA) is 44.8 Å². The number of methoxy groups -OCH3 is 1. The molecule has 15 heavy (non-hydrogen) atoms. The molecule has 0 rings (SSSR count). The van der Waals surface area contributed by atoms with Gasteiger partial charge < -0.3 is 14.2 Å². The molecule has 0 aliphatic heterocycles. The number of hydrogen-bond acceptors (Lipinski definition) is 4. The zero-order valence-electron chi connectivity index (χ0n) is 10.1. The first-order chi connectivity index (χ1) is 7.10. The average Bonchev–Trinajstić information content (AvgIpc) is 2.17. The molecule has 0 N–H and O–H groups in total. The highest BCUT2D eigenvalue weighted by molar-refractivity contribution is 5.69. The first kappa shape index (κ1) is 14.4. The van der Waals surface area contributed by atoms with Crippen molar-refractivity contribution in [2.75, 3.05) is 20.3 Å². The van der Waals surface area contributed by atoms with Gasteiger partial charge in [-0.05, 0) is 20.3 Å². The minimum atomic E-state index is -0.187. The SMILES string of the molecule is CCCC(=O)OC(C)COCC(C)OC. The van der Waals surface area contributed by atoms with Gasteiger partial charge in [-0.3, -0.25) is 4.79 Å². The molecule has 0 bridgehead atoms. The van der Waals surface area contributed by atoms with Gasteiger partial charge >= 0.3 is 5.97 Å². The van der Waals surface area contributed by atoms with Crippen LogP contribution in [0.25, 0.3) is 0 Å². The third-order valence-electron chi connectivity index (χ3n) is 1.89. The number of carbonyl (C=O) groups excluding carboxylic acids is 1. The lowest BCUT2D eigenvalue weighted by Crippen LogP contribution is -2.23. The van der Waals surface area contributed by atoms with Crippen molar-refractivity contribution in [3.8, 4) is 0 Å². The Morgan fingerprint density at radius 3 is 2.33 bits per heavy atom. The predicted molar refractivity (Wildman–Crippen MR) is 57.8 cm³/mol. The molecule has 0 aromatic heterocycles. The Hall–Kier alpha value is -0.610. The summed E-state index contributed by atoms with van der Waals surface area (Å²) in [6.45, 7) is 6.64. The summed E-state index contributed by atoms with van der Waals surface area (Å²) in [5.74, 6) is -0.159. The third-order valence-corrected chi connectivity index (χ3v) is 1.89. The van der Waals surface area contributed by atoms with E-state index in [0.29, 0.717) is 19.6 Å². The van der Waals surface area contributed by atoms with Crippen LogP contribution in [0.2, 0.25) is 0 Å². The molecule has 0 aliphatic carbocycles. The minimum absolute atomic E-state index is 0.0727. The molecule has 0 fully saturated rings. The maximum atomic E-state index is 11.1. The van der Waals surface area contributed by atoms with Crippen LogP contribution in [-0.2, 0) is 19.0 Å². The molecule has 0 radical (unpaired) electrons. The second-order valence-corrected chi connectivity index (χ2v) is 3.63. The van der Waals surface area contributed by atoms with Crippen molar-refractivity contribution in [3.05, 3.63) is 0 Å². The smallest absolute Gasteiger partial charge is 0.306 e. The van der Waals surface area contributed by atoms with Crippen molar-refractivity contribution < 1.29 is 19.0 Å². The highest BCUT2D eigenvalue weighted by Crippen LogP contribution is 1.99. The molecule has 2 unspecified atom stereocenters. The minimum Gasteiger partial charge on any atom is -0.460 e. The van der Waals surface area contributed by atoms with Crippen LogP contribution in [0, 0.1) is 0 Å². The van der Waals surface area contributed by atoms with Crippen LogP contribution in [0.15, 0.2) is 0 Å². The Bertz CT molecular complexity index is 170. The first-order valence-electron chi connectivity index (χ1n) is 5.40. The molecule has 2 atom stereocenters. The van der Waals surface area contributed by atoms with Gasteiger partial charge in [0.05, 0.1) is 19.3 Å². The summed E-state index contributed by atoms with van der Waals surface area (Å²) in [7, 11) is 1.64. The lowest BCUT2D eigenvalue weighted by atomic mass is 10.3. The molecule has 0 saturated heterocycles. The summed E-state index contributed by atoms with van der Waals surface area (Å²) < 4.78 is 15.4. The number of esters is 1. The van der Waals surface area contributed by atoms with Crippen LogP contribution >= 0.6 is 0 Å². The Kier molecular flexibility index (Phi) is 8.33. The maximum Gasteiger partial charge on any atom is 0.306 e. The van der Waals surface area contributed by atoms with Gasteiger partial charge in [0.25, 0.3) is 0 Å². The van der Waals surface area contributed by atoms with Crippen molar-refractivity contribution in [3.63, 3.8) is 0 Å². The average molecular weight is 218 g/mol. The van der Waals surface area contributed by atoms with E-state index in [-0.39, 0.29) is 18.2 Å². The van der Waals surface area contributed by atoms with Crippen LogP contribution < -0.4 is 0 Å². The van der Waals surface area contributed by atoms with E-state index in [1.165, 1.54) is 0 Å². The van der Waals surface area contributed by atoms with Crippen LogP contribution in [0.1, 0.15) is 33.6 Å². The van der Waals surface area contributed by atoms with Gasteiger partial charge in [0.2, 0.25) is 0 Å². The van der Waals surface area contributed by atoms with Crippen LogP contribution in [0.3, 0.4) is 0 Å². The van der Waals surface area contributed by atoms with Gasteiger partial charge in [-0.2, -0.15) is 0 Å². The Morgan fingerprint density at radius 1 is 1.20 bits per heavy atom. The summed E-state index contributed by atoms with van der Waals surface area (Å²) in [6.07, 6.45) is 1.17. The number of rotatable bonds is 8. The van der Waals surface area contributed by atoms with Crippen molar-refractivity contribution in [1.82, 2.24) is 0 Å². The van der Waals surface area contributed by atoms with Gasteiger partial charge in [-0.25, -0.2) is 0 Å². The Morgan fingerprint density at radius 2 is 1.80 bits per heavy atom. The van der Waals surface area contributed by atoms with Crippen LogP contribution in [0.5, 0.6) is 0 Å². The molecule has 90 valence electrons. The van der Waals surface area contributed by atoms with E-state index in [1.54, 1.807) is 7.11 Å². The Balaban J connectivity index is 3.48. The molecular weight excluding hydrogens is 196 g/mol. The number of carbonyl (C=O) groups is 1. The van der Waals surface area contributed by atoms with Crippen molar-refractivity contribution in [2.24, 2.45) is 0 Å². The normalized spacial score (nSPS) is 14.7. The predicted octanol–water partition coefficient (Wildman–Crippen LogP) is 1.77. The fraction of sp³-hybridized carbons (Fsp3) is 0.909. The van der Waals surface area contributed by atoms with E-state index >= 15 is 0 Å². The summed E-state index contributed by atoms with van der Waals surface area (Å²) >= 11 is 0. The van der Waals surface area contributed by atoms with E-state index in [0.717, 1.165) is 6.42 Å². The fourth-order valence-electron chi connectivity index (χ4n) is 0.989. The third kappa shape index (κ3) is 8.39. The van der Waals surface area contributed by atoms with Crippen LogP contribution in [-0.4, -0.2) is 38.5 Å². The van der Waals surface area contributed by atoms with Gasteiger partial charge in [0.15, 0.2) is 0 Å². The molecule has 0 saturated carbocycles. The standard InChI is InChI=1S/C11H22O4/c1-5-6-11(12)15-10(3)8-14-7-9(2)13-4/h9-10H,5-8H2,1-4H3. The largest absolute Gasteiger partial charge is 0.460 e. The van der Waals surface area contributed by atoms with Crippen LogP contribution in [0.4, 0.5) is 0 Å². The van der Waals surface area contributed by atoms with Crippen molar-refractivity contribution in [2.45, 2.75) is 45.8 Å². The van der Waals surface area contributed by atoms with E-state index in [9.17, 15) is 4.79 Å². The molecule has 4 nitrogen and oxygen atoms in total. The molecular formula is C11H22O4. The van der Waals surface area contributed by atoms with Crippen molar-refractivity contribution >= 4 is 5.97 Å². The second-order valence-electron chi connectivity index (χ2n) is 3.63. The van der Waals surface area contributed by atoms with Crippen molar-refractivity contribution in [1.29, 1.82) is 0 Å². The fourth-order valence-corrected chi connectivity index (χ4v) is 0.989. The van der Waals surface area contributed by atoms with Gasteiger partial charge in [-0.1, -0.05) is 6.92 Å². The number of ether oxygens (including phenoxy) is 3. The van der Waals surface area contributed by atoms with E-state index in [2.05, 4.69) is 0 Å². The van der Waals surface area contributed by atoms with E-state index in [4.69, 9.17) is 14.2 Å². The lowest BCUT2D eigenvalue weighted by molar-refractivity contribution is -0.151. The lowest BCUT2D eigenvalue weighted by Gasteiger charge is -2.15. The van der Waals surface area contributed by atoms with Gasteiger partial charge in [-0.15, -0.1) is 0 Å². The Labute approximate surface area is 91.9 Å². The monoisotopic (exact) mass is 218 g/mol. The maximum absolute atomic E-state index is 11.1. The number of hydrogen-bond donors (Lipinski definition) is 0. The summed E-state index contributed by atoms with van der Waals surface area (Å²) in [6, 6.07) is 0. The summed E-state index contributed by atoms with van der Waals surface area (Å²) in [5, 5.41) is 0. The summed E-state index contributed by atoms with van der Waals surface area (Å²) in [4.78, 5) is 11.1. The molecule has 0 heterocycles. The second kappa shape index (κ2) is 8.68.